The van der Waals surface area contributed by atoms with Crippen molar-refractivity contribution in [3.05, 3.63) is 29.8 Å². The van der Waals surface area contributed by atoms with E-state index >= 15 is 0 Å². The van der Waals surface area contributed by atoms with E-state index in [-0.39, 0.29) is 12.3 Å². The van der Waals surface area contributed by atoms with E-state index in [9.17, 15) is 5.11 Å². The lowest BCUT2D eigenvalue weighted by Crippen LogP contribution is -2.14. The minimum atomic E-state index is -0.736. The zero-order chi connectivity index (χ0) is 15.5. The van der Waals surface area contributed by atoms with Gasteiger partial charge in [0, 0.05) is 6.42 Å². The fraction of sp³-hybridized carbons (Fsp3) is 0.588. The van der Waals surface area contributed by atoms with E-state index in [0.717, 1.165) is 17.7 Å². The summed E-state index contributed by atoms with van der Waals surface area (Å²) >= 11 is 0. The van der Waals surface area contributed by atoms with Crippen LogP contribution in [0.1, 0.15) is 63.5 Å². The molecule has 0 amide bonds. The summed E-state index contributed by atoms with van der Waals surface area (Å²) in [6, 6.07) is 7.40. The van der Waals surface area contributed by atoms with Crippen LogP contribution < -0.4 is 10.5 Å². The molecular weight excluding hydrogens is 264 g/mol. The Morgan fingerprint density at radius 3 is 2.67 bits per heavy atom. The molecule has 0 saturated heterocycles. The minimum Gasteiger partial charge on any atom is -0.494 e. The topological polar surface area (TPSA) is 79.3 Å². The quantitative estimate of drug-likeness (QED) is 0.330. The smallest absolute Gasteiger partial charge is 0.119 e. The number of aliphatic hydroxyl groups excluding tert-OH is 1. The average Bonchev–Trinajstić information content (AvgIpc) is 2.46. The molecule has 21 heavy (non-hydrogen) atoms. The number of ether oxygens (including phenoxy) is 1. The number of nitrogens with two attached hydrogens (primary N) is 1. The van der Waals surface area contributed by atoms with Crippen molar-refractivity contribution < 1.29 is 9.84 Å². The predicted molar refractivity (Wildman–Crippen MR) is 86.8 cm³/mol. The second-order valence-corrected chi connectivity index (χ2v) is 5.43. The van der Waals surface area contributed by atoms with Gasteiger partial charge in [-0.25, -0.2) is 0 Å². The summed E-state index contributed by atoms with van der Waals surface area (Å²) in [6.45, 7) is 2.93. The molecule has 4 heteroatoms. The fourth-order valence-corrected chi connectivity index (χ4v) is 2.21. The first kappa shape index (κ1) is 17.5. The van der Waals surface area contributed by atoms with E-state index in [1.165, 1.54) is 32.1 Å². The molecule has 4 nitrogen and oxygen atoms in total. The van der Waals surface area contributed by atoms with Gasteiger partial charge in [-0.15, -0.1) is 0 Å². The maximum absolute atomic E-state index is 9.93. The predicted octanol–water partition coefficient (Wildman–Crippen LogP) is 3.79. The van der Waals surface area contributed by atoms with Crippen molar-refractivity contribution in [3.8, 4) is 5.75 Å². The molecule has 1 rings (SSSR count). The zero-order valence-electron chi connectivity index (χ0n) is 13.0. The van der Waals surface area contributed by atoms with E-state index < -0.39 is 6.10 Å². The molecule has 0 radical (unpaired) electrons. The number of nitrogens with one attached hydrogen (secondary N) is 1. The molecule has 0 heterocycles. The van der Waals surface area contributed by atoms with Crippen molar-refractivity contribution in [1.82, 2.24) is 0 Å². The van der Waals surface area contributed by atoms with Crippen LogP contribution in [0.4, 0.5) is 0 Å². The van der Waals surface area contributed by atoms with Crippen LogP contribution in [-0.2, 0) is 0 Å². The Morgan fingerprint density at radius 2 is 1.95 bits per heavy atom. The van der Waals surface area contributed by atoms with Crippen molar-refractivity contribution in [3.63, 3.8) is 0 Å². The van der Waals surface area contributed by atoms with Crippen LogP contribution >= 0.6 is 0 Å². The van der Waals surface area contributed by atoms with Gasteiger partial charge in [-0.2, -0.15) is 0 Å². The summed E-state index contributed by atoms with van der Waals surface area (Å²) in [5.74, 6) is 0.754. The van der Waals surface area contributed by atoms with E-state index in [2.05, 4.69) is 6.92 Å². The lowest BCUT2D eigenvalue weighted by molar-refractivity contribution is 0.185. The van der Waals surface area contributed by atoms with Crippen LogP contribution in [0.2, 0.25) is 0 Å². The molecule has 0 aliphatic carbocycles. The van der Waals surface area contributed by atoms with Gasteiger partial charge in [0.2, 0.25) is 0 Å². The molecule has 1 atom stereocenters. The van der Waals surface area contributed by atoms with Crippen LogP contribution in [0.15, 0.2) is 24.3 Å². The molecular formula is C17H28N2O2. The fourth-order valence-electron chi connectivity index (χ4n) is 2.21. The van der Waals surface area contributed by atoms with Crippen molar-refractivity contribution >= 4 is 5.84 Å². The average molecular weight is 292 g/mol. The SMILES string of the molecule is CCCCCCCCOc1cccc(C(O)CC(=N)N)c1. The summed E-state index contributed by atoms with van der Waals surface area (Å²) in [5.41, 5.74) is 6.05. The number of rotatable bonds is 11. The summed E-state index contributed by atoms with van der Waals surface area (Å²) in [6.07, 6.45) is 6.85. The van der Waals surface area contributed by atoms with Crippen molar-refractivity contribution in [1.29, 1.82) is 5.41 Å². The number of aliphatic hydroxyl groups is 1. The summed E-state index contributed by atoms with van der Waals surface area (Å²) < 4.78 is 5.71. The third-order valence-corrected chi connectivity index (χ3v) is 3.42. The molecule has 1 unspecified atom stereocenters. The second kappa shape index (κ2) is 10.2. The lowest BCUT2D eigenvalue weighted by Gasteiger charge is -2.12. The standard InChI is InChI=1S/C17H28N2O2/c1-2-3-4-5-6-7-11-21-15-10-8-9-14(12-15)16(20)13-17(18)19/h8-10,12,16,20H,2-7,11,13H2,1H3,(H3,18,19). The molecule has 0 aliphatic heterocycles. The molecule has 0 fully saturated rings. The third kappa shape index (κ3) is 7.71. The Balaban J connectivity index is 2.30. The molecule has 0 aromatic heterocycles. The van der Waals surface area contributed by atoms with Gasteiger partial charge in [-0.1, -0.05) is 51.2 Å². The van der Waals surface area contributed by atoms with Crippen LogP contribution in [0.3, 0.4) is 0 Å². The molecule has 4 N–H and O–H groups in total. The van der Waals surface area contributed by atoms with Gasteiger partial charge in [-0.05, 0) is 24.1 Å². The molecule has 0 spiro atoms. The highest BCUT2D eigenvalue weighted by molar-refractivity contribution is 5.77. The maximum atomic E-state index is 9.93. The monoisotopic (exact) mass is 292 g/mol. The molecule has 1 aromatic carbocycles. The first-order chi connectivity index (χ1) is 10.1. The van der Waals surface area contributed by atoms with E-state index in [1.807, 2.05) is 24.3 Å². The number of hydrogen-bond acceptors (Lipinski definition) is 3. The van der Waals surface area contributed by atoms with E-state index in [0.29, 0.717) is 6.61 Å². The Hall–Kier alpha value is -1.55. The highest BCUT2D eigenvalue weighted by atomic mass is 16.5. The maximum Gasteiger partial charge on any atom is 0.119 e. The molecule has 0 bridgehead atoms. The highest BCUT2D eigenvalue weighted by Gasteiger charge is 2.09. The van der Waals surface area contributed by atoms with Crippen molar-refractivity contribution in [2.24, 2.45) is 5.73 Å². The van der Waals surface area contributed by atoms with E-state index in [1.54, 1.807) is 0 Å². The Kier molecular flexibility index (Phi) is 8.51. The van der Waals surface area contributed by atoms with Crippen LogP contribution in [-0.4, -0.2) is 17.5 Å². The van der Waals surface area contributed by atoms with Gasteiger partial charge in [0.25, 0.3) is 0 Å². The highest BCUT2D eigenvalue weighted by Crippen LogP contribution is 2.21. The van der Waals surface area contributed by atoms with Gasteiger partial charge in [-0.3, -0.25) is 5.41 Å². The zero-order valence-corrected chi connectivity index (χ0v) is 13.0. The third-order valence-electron chi connectivity index (χ3n) is 3.42. The number of benzene rings is 1. The normalized spacial score (nSPS) is 12.1. The second-order valence-electron chi connectivity index (χ2n) is 5.43. The molecule has 0 aliphatic rings. The van der Waals surface area contributed by atoms with Crippen LogP contribution in [0.5, 0.6) is 5.75 Å². The van der Waals surface area contributed by atoms with Gasteiger partial charge < -0.3 is 15.6 Å². The van der Waals surface area contributed by atoms with Gasteiger partial charge in [0.15, 0.2) is 0 Å². The Bertz CT molecular complexity index is 421. The van der Waals surface area contributed by atoms with Gasteiger partial charge in [0.1, 0.15) is 5.75 Å². The number of amidine groups is 1. The molecule has 0 saturated carbocycles. The van der Waals surface area contributed by atoms with Crippen molar-refractivity contribution in [2.75, 3.05) is 6.61 Å². The number of hydrogen-bond donors (Lipinski definition) is 3. The van der Waals surface area contributed by atoms with Gasteiger partial charge >= 0.3 is 0 Å². The van der Waals surface area contributed by atoms with Crippen LogP contribution in [0.25, 0.3) is 0 Å². The first-order valence-electron chi connectivity index (χ1n) is 7.87. The summed E-state index contributed by atoms with van der Waals surface area (Å²) in [7, 11) is 0. The Morgan fingerprint density at radius 1 is 1.24 bits per heavy atom. The Labute approximate surface area is 127 Å². The molecule has 1 aromatic rings. The van der Waals surface area contributed by atoms with E-state index in [4.69, 9.17) is 15.9 Å². The summed E-state index contributed by atoms with van der Waals surface area (Å²) in [5, 5.41) is 17.2. The number of unbranched alkanes of at least 4 members (excludes halogenated alkanes) is 5. The van der Waals surface area contributed by atoms with Crippen LogP contribution in [0, 0.1) is 5.41 Å². The first-order valence-corrected chi connectivity index (χ1v) is 7.87. The largest absolute Gasteiger partial charge is 0.494 e. The van der Waals surface area contributed by atoms with Crippen molar-refractivity contribution in [2.45, 2.75) is 58.0 Å². The summed E-state index contributed by atoms with van der Waals surface area (Å²) in [4.78, 5) is 0. The van der Waals surface area contributed by atoms with Gasteiger partial charge in [0.05, 0.1) is 18.5 Å². The minimum absolute atomic E-state index is 0.0131. The lowest BCUT2D eigenvalue weighted by atomic mass is 10.1. The molecule has 118 valence electrons.